The third kappa shape index (κ3) is 1.90. The third-order valence-corrected chi connectivity index (χ3v) is 4.26. The Morgan fingerprint density at radius 3 is 2.05 bits per heavy atom. The van der Waals surface area contributed by atoms with Gasteiger partial charge in [0, 0.05) is 5.92 Å². The van der Waals surface area contributed by atoms with Crippen molar-refractivity contribution >= 4 is 11.6 Å². The largest absolute Gasteiger partial charge is 0.415 e. The summed E-state index contributed by atoms with van der Waals surface area (Å²) in [6, 6.07) is -1.60. The first-order valence-corrected chi connectivity index (χ1v) is 5.72. The van der Waals surface area contributed by atoms with Crippen LogP contribution in [0.2, 0.25) is 0 Å². The normalized spacial score (nSPS) is 36.1. The maximum absolute atomic E-state index is 12.9. The molecule has 2 bridgehead atoms. The molecule has 1 heterocycles. The second kappa shape index (κ2) is 4.26. The molecule has 0 unspecified atom stereocenters. The van der Waals surface area contributed by atoms with Gasteiger partial charge < -0.3 is 4.84 Å². The summed E-state index contributed by atoms with van der Waals surface area (Å²) in [7, 11) is 0. The summed E-state index contributed by atoms with van der Waals surface area (Å²) in [4.78, 5) is 14.2. The molecule has 5 nitrogen and oxygen atoms in total. The smallest absolute Gasteiger partial charge is 0.309 e. The number of rotatable bonds is 2. The summed E-state index contributed by atoms with van der Waals surface area (Å²) >= 11 is 5.59. The van der Waals surface area contributed by atoms with Crippen LogP contribution >= 0.6 is 11.6 Å². The van der Waals surface area contributed by atoms with Crippen LogP contribution in [0, 0.1) is 16.0 Å². The lowest BCUT2D eigenvalue weighted by Gasteiger charge is -2.42. The molecule has 20 heavy (non-hydrogen) atoms. The van der Waals surface area contributed by atoms with Gasteiger partial charge in [-0.25, -0.2) is 0 Å². The van der Waals surface area contributed by atoms with E-state index in [0.29, 0.717) is 0 Å². The molecule has 0 aromatic carbocycles. The molecule has 0 aromatic rings. The molecule has 2 aliphatic rings. The zero-order valence-electron chi connectivity index (χ0n) is 9.33. The Morgan fingerprint density at radius 2 is 1.75 bits per heavy atom. The van der Waals surface area contributed by atoms with E-state index in [0.717, 1.165) is 0 Å². The first kappa shape index (κ1) is 15.4. The zero-order valence-corrected chi connectivity index (χ0v) is 10.1. The molecule has 0 radical (unpaired) electrons. The molecule has 1 aliphatic carbocycles. The summed E-state index contributed by atoms with van der Waals surface area (Å²) in [5.74, 6) is -2.08. The highest BCUT2D eigenvalue weighted by Gasteiger charge is 2.81. The number of fused-ring (bicyclic) bond motifs is 2. The van der Waals surface area contributed by atoms with Gasteiger partial charge in [0.2, 0.25) is 5.54 Å². The van der Waals surface area contributed by atoms with Crippen LogP contribution in [0.15, 0.2) is 0 Å². The van der Waals surface area contributed by atoms with Crippen LogP contribution in [0.3, 0.4) is 0 Å². The Morgan fingerprint density at radius 1 is 1.25 bits per heavy atom. The van der Waals surface area contributed by atoms with Gasteiger partial charge in [-0.3, -0.25) is 5.32 Å². The van der Waals surface area contributed by atoms with E-state index in [2.05, 4.69) is 4.84 Å². The lowest BCUT2D eigenvalue weighted by atomic mass is 9.82. The van der Waals surface area contributed by atoms with Crippen LogP contribution in [0.4, 0.5) is 26.3 Å². The van der Waals surface area contributed by atoms with Gasteiger partial charge in [0.1, 0.15) is 6.10 Å². The number of halogens is 7. The van der Waals surface area contributed by atoms with Gasteiger partial charge in [-0.2, -0.15) is 26.3 Å². The number of alkyl halides is 7. The number of nitrogens with zero attached hydrogens (tertiary/aromatic N) is 1. The van der Waals surface area contributed by atoms with Crippen LogP contribution < -0.4 is 5.32 Å². The van der Waals surface area contributed by atoms with E-state index in [-0.39, 0.29) is 0 Å². The van der Waals surface area contributed by atoms with Crippen molar-refractivity contribution in [2.75, 3.05) is 0 Å². The zero-order chi connectivity index (χ0) is 15.5. The second-order valence-corrected chi connectivity index (χ2v) is 5.13. The fraction of sp³-hybridized carbons (Fsp3) is 1.00. The van der Waals surface area contributed by atoms with Gasteiger partial charge in [0.05, 0.1) is 11.4 Å². The van der Waals surface area contributed by atoms with Crippen LogP contribution in [-0.4, -0.2) is 40.5 Å². The summed E-state index contributed by atoms with van der Waals surface area (Å²) in [5.41, 5.74) is -4.16. The molecule has 116 valence electrons. The molecule has 1 saturated heterocycles. The van der Waals surface area contributed by atoms with Crippen molar-refractivity contribution in [1.29, 1.82) is 0 Å². The predicted octanol–water partition coefficient (Wildman–Crippen LogP) is 2.03. The van der Waals surface area contributed by atoms with Gasteiger partial charge in [0.25, 0.3) is 5.09 Å². The highest BCUT2D eigenvalue weighted by atomic mass is 35.5. The fourth-order valence-corrected chi connectivity index (χ4v) is 3.42. The first-order chi connectivity index (χ1) is 8.92. The molecule has 4 atom stereocenters. The molecule has 0 spiro atoms. The van der Waals surface area contributed by atoms with Gasteiger partial charge in [-0.05, 0) is 6.42 Å². The standard InChI is InChI=1S/C8H7ClF6N2O3/c9-4-2-1-3(20-17(18)19)5(4)16-6(2,7(10,11)12)8(13,14)15/h2-5,16H,1H2/t2-,3-,4-,5-/m0/s1. The number of hydrogen-bond acceptors (Lipinski definition) is 4. The lowest BCUT2D eigenvalue weighted by Crippen LogP contribution is -2.70. The molecule has 0 aromatic heterocycles. The average molecular weight is 329 g/mol. The van der Waals surface area contributed by atoms with Crippen LogP contribution in [0.1, 0.15) is 6.42 Å². The quantitative estimate of drug-likeness (QED) is 0.364. The Hall–Kier alpha value is -0.970. The average Bonchev–Trinajstić information content (AvgIpc) is 2.66. The van der Waals surface area contributed by atoms with Crippen molar-refractivity contribution in [3.8, 4) is 0 Å². The molecule has 1 N–H and O–H groups in total. The highest BCUT2D eigenvalue weighted by molar-refractivity contribution is 6.22. The number of nitrogens with one attached hydrogen (secondary N) is 1. The lowest BCUT2D eigenvalue weighted by molar-refractivity contribution is -0.769. The first-order valence-electron chi connectivity index (χ1n) is 5.28. The van der Waals surface area contributed by atoms with Crippen LogP contribution in [0.5, 0.6) is 0 Å². The molecule has 2 fully saturated rings. The minimum atomic E-state index is -5.63. The molecule has 1 aliphatic heterocycles. The SMILES string of the molecule is O=[N+]([O-])O[C@H]1C[C@H]2[C@H](Cl)[C@H]1NC2(C(F)(F)F)C(F)(F)F. The molecule has 0 amide bonds. The monoisotopic (exact) mass is 328 g/mol. The van der Waals surface area contributed by atoms with Crippen LogP contribution in [-0.2, 0) is 4.84 Å². The van der Waals surface area contributed by atoms with Crippen molar-refractivity contribution in [2.45, 2.75) is 41.8 Å². The molecular formula is C8H7ClF6N2O3. The predicted molar refractivity (Wildman–Crippen MR) is 51.4 cm³/mol. The minimum absolute atomic E-state index is 0.800. The maximum atomic E-state index is 12.9. The fourth-order valence-electron chi connectivity index (χ4n) is 2.90. The number of hydrogen-bond donors (Lipinski definition) is 1. The van der Waals surface area contributed by atoms with Crippen molar-refractivity contribution < 1.29 is 36.3 Å². The third-order valence-electron chi connectivity index (χ3n) is 3.68. The van der Waals surface area contributed by atoms with E-state index in [4.69, 9.17) is 11.6 Å². The second-order valence-electron chi connectivity index (χ2n) is 4.63. The Bertz CT molecular complexity index is 413. The van der Waals surface area contributed by atoms with Crippen molar-refractivity contribution in [1.82, 2.24) is 5.32 Å². The highest BCUT2D eigenvalue weighted by Crippen LogP contribution is 2.58. The molecule has 12 heteroatoms. The summed E-state index contributed by atoms with van der Waals surface area (Å²) in [5, 5.41) is 8.71. The van der Waals surface area contributed by atoms with Crippen LogP contribution in [0.25, 0.3) is 0 Å². The van der Waals surface area contributed by atoms with Crippen molar-refractivity contribution in [2.24, 2.45) is 5.92 Å². The van der Waals surface area contributed by atoms with Crippen molar-refractivity contribution in [3.05, 3.63) is 10.1 Å². The summed E-state index contributed by atoms with van der Waals surface area (Å²) in [6.45, 7) is 0. The van der Waals surface area contributed by atoms with Gasteiger partial charge in [-0.1, -0.05) is 0 Å². The van der Waals surface area contributed by atoms with E-state index in [9.17, 15) is 36.5 Å². The summed E-state index contributed by atoms with van der Waals surface area (Å²) in [6.07, 6.45) is -13.5. The Labute approximate surface area is 112 Å². The van der Waals surface area contributed by atoms with Gasteiger partial charge in [-0.15, -0.1) is 21.7 Å². The maximum Gasteiger partial charge on any atom is 0.415 e. The van der Waals surface area contributed by atoms with Gasteiger partial charge >= 0.3 is 12.4 Å². The van der Waals surface area contributed by atoms with E-state index in [1.165, 1.54) is 5.32 Å². The van der Waals surface area contributed by atoms with E-state index >= 15 is 0 Å². The Kier molecular flexibility index (Phi) is 3.29. The number of piperidine rings is 1. The molecular weight excluding hydrogens is 322 g/mol. The van der Waals surface area contributed by atoms with E-state index in [1.54, 1.807) is 0 Å². The minimum Gasteiger partial charge on any atom is -0.309 e. The molecule has 2 rings (SSSR count). The van der Waals surface area contributed by atoms with E-state index in [1.807, 2.05) is 0 Å². The van der Waals surface area contributed by atoms with Crippen molar-refractivity contribution in [3.63, 3.8) is 0 Å². The molecule has 1 saturated carbocycles. The van der Waals surface area contributed by atoms with Gasteiger partial charge in [0.15, 0.2) is 0 Å². The van der Waals surface area contributed by atoms with E-state index < -0.39 is 52.8 Å². The topological polar surface area (TPSA) is 64.4 Å². The summed E-state index contributed by atoms with van der Waals surface area (Å²) < 4.78 is 77.5. The Balaban J connectivity index is 2.37.